The summed E-state index contributed by atoms with van der Waals surface area (Å²) in [5.74, 6) is 0.475. The Bertz CT molecular complexity index is 620. The molecule has 5 heteroatoms. The first-order valence-electron chi connectivity index (χ1n) is 6.80. The van der Waals surface area contributed by atoms with E-state index < -0.39 is 0 Å². The lowest BCUT2D eigenvalue weighted by molar-refractivity contribution is 0.0914. The van der Waals surface area contributed by atoms with Crippen LogP contribution in [0.5, 0.6) is 0 Å². The van der Waals surface area contributed by atoms with E-state index in [-0.39, 0.29) is 11.4 Å². The Morgan fingerprint density at radius 2 is 1.81 bits per heavy atom. The van der Waals surface area contributed by atoms with Gasteiger partial charge in [-0.1, -0.05) is 18.2 Å². The van der Waals surface area contributed by atoms with E-state index in [1.807, 2.05) is 63.1 Å². The fourth-order valence-electron chi connectivity index (χ4n) is 1.84. The molecule has 21 heavy (non-hydrogen) atoms. The molecular weight excluding hydrogens is 264 g/mol. The van der Waals surface area contributed by atoms with E-state index in [2.05, 4.69) is 15.3 Å². The van der Waals surface area contributed by atoms with Gasteiger partial charge in [0.15, 0.2) is 0 Å². The Morgan fingerprint density at radius 3 is 2.43 bits per heavy atom. The molecule has 1 aromatic heterocycles. The topological polar surface area (TPSA) is 58.1 Å². The third kappa shape index (κ3) is 4.02. The van der Waals surface area contributed by atoms with Gasteiger partial charge < -0.3 is 10.2 Å². The van der Waals surface area contributed by atoms with Crippen LogP contribution in [0.4, 0.5) is 11.5 Å². The molecule has 0 radical (unpaired) electrons. The molecule has 1 heterocycles. The molecular formula is C16H20N4O. The summed E-state index contributed by atoms with van der Waals surface area (Å²) in [5, 5.41) is 2.89. The van der Waals surface area contributed by atoms with Gasteiger partial charge in [-0.25, -0.2) is 9.97 Å². The fourth-order valence-corrected chi connectivity index (χ4v) is 1.84. The summed E-state index contributed by atoms with van der Waals surface area (Å²) in [5.41, 5.74) is 1.06. The maximum absolute atomic E-state index is 12.2. The van der Waals surface area contributed by atoms with E-state index in [4.69, 9.17) is 0 Å². The molecule has 0 saturated heterocycles. The number of benzene rings is 1. The minimum atomic E-state index is -0.298. The van der Waals surface area contributed by atoms with Crippen molar-refractivity contribution in [1.82, 2.24) is 15.3 Å². The number of rotatable bonds is 3. The predicted molar refractivity (Wildman–Crippen MR) is 83.8 cm³/mol. The molecule has 0 unspecified atom stereocenters. The number of nitrogens with one attached hydrogen (secondary N) is 1. The average molecular weight is 284 g/mol. The molecule has 1 aromatic carbocycles. The number of aromatic nitrogens is 2. The number of hydrogen-bond donors (Lipinski definition) is 1. The lowest BCUT2D eigenvalue weighted by Gasteiger charge is -2.21. The molecule has 2 aromatic rings. The zero-order valence-electron chi connectivity index (χ0n) is 12.8. The highest BCUT2D eigenvalue weighted by molar-refractivity contribution is 5.93. The molecule has 1 amide bonds. The number of anilines is 2. The largest absolute Gasteiger partial charge is 0.346 e. The van der Waals surface area contributed by atoms with Crippen LogP contribution in [-0.2, 0) is 0 Å². The zero-order chi connectivity index (χ0) is 15.5. The fraction of sp³-hybridized carbons (Fsp3) is 0.312. The van der Waals surface area contributed by atoms with Gasteiger partial charge in [0, 0.05) is 24.3 Å². The summed E-state index contributed by atoms with van der Waals surface area (Å²) in [6.45, 7) is 5.80. The Balaban J connectivity index is 2.24. The molecule has 2 rings (SSSR count). The normalized spacial score (nSPS) is 11.0. The van der Waals surface area contributed by atoms with Crippen molar-refractivity contribution in [3.63, 3.8) is 0 Å². The summed E-state index contributed by atoms with van der Waals surface area (Å²) in [4.78, 5) is 22.3. The highest BCUT2D eigenvalue weighted by Crippen LogP contribution is 2.21. The number of carbonyl (C=O) groups excluding carboxylic acids is 1. The highest BCUT2D eigenvalue weighted by Gasteiger charge is 2.17. The van der Waals surface area contributed by atoms with Crippen molar-refractivity contribution >= 4 is 17.4 Å². The van der Waals surface area contributed by atoms with Gasteiger partial charge in [0.25, 0.3) is 5.91 Å². The minimum Gasteiger partial charge on any atom is -0.346 e. The zero-order valence-corrected chi connectivity index (χ0v) is 12.8. The molecule has 110 valence electrons. The number of carbonyl (C=O) groups is 1. The maximum atomic E-state index is 12.2. The first kappa shape index (κ1) is 15.0. The van der Waals surface area contributed by atoms with Crippen LogP contribution in [0.25, 0.3) is 0 Å². The second-order valence-electron chi connectivity index (χ2n) is 5.86. The SMILES string of the molecule is CN(c1ccccc1)c1cc(C(=O)NC(C)(C)C)ncn1. The number of amides is 1. The Hall–Kier alpha value is -2.43. The molecule has 1 N–H and O–H groups in total. The van der Waals surface area contributed by atoms with Gasteiger partial charge >= 0.3 is 0 Å². The van der Waals surface area contributed by atoms with Gasteiger partial charge in [0.1, 0.15) is 17.8 Å². The molecule has 0 aliphatic heterocycles. The van der Waals surface area contributed by atoms with Crippen LogP contribution in [0.2, 0.25) is 0 Å². The van der Waals surface area contributed by atoms with Crippen molar-refractivity contribution in [1.29, 1.82) is 0 Å². The Labute approximate surface area is 125 Å². The summed E-state index contributed by atoms with van der Waals surface area (Å²) < 4.78 is 0. The van der Waals surface area contributed by atoms with Crippen molar-refractivity contribution in [2.45, 2.75) is 26.3 Å². The minimum absolute atomic E-state index is 0.201. The first-order chi connectivity index (χ1) is 9.87. The Morgan fingerprint density at radius 1 is 1.14 bits per heavy atom. The van der Waals surface area contributed by atoms with Gasteiger partial charge in [-0.3, -0.25) is 4.79 Å². The second-order valence-corrected chi connectivity index (χ2v) is 5.86. The van der Waals surface area contributed by atoms with Crippen LogP contribution < -0.4 is 10.2 Å². The van der Waals surface area contributed by atoms with Crippen molar-refractivity contribution < 1.29 is 4.79 Å². The van der Waals surface area contributed by atoms with Crippen LogP contribution in [0, 0.1) is 0 Å². The van der Waals surface area contributed by atoms with Gasteiger partial charge in [-0.2, -0.15) is 0 Å². The van der Waals surface area contributed by atoms with Crippen LogP contribution in [0.1, 0.15) is 31.3 Å². The molecule has 0 aliphatic carbocycles. The van der Waals surface area contributed by atoms with E-state index in [1.54, 1.807) is 6.07 Å². The summed E-state index contributed by atoms with van der Waals surface area (Å²) in [6, 6.07) is 11.5. The molecule has 0 atom stereocenters. The average Bonchev–Trinajstić information content (AvgIpc) is 2.46. The second kappa shape index (κ2) is 5.91. The van der Waals surface area contributed by atoms with Gasteiger partial charge in [0.2, 0.25) is 0 Å². The standard InChI is InChI=1S/C16H20N4O/c1-16(2,3)19-15(21)13-10-14(18-11-17-13)20(4)12-8-6-5-7-9-12/h5-11H,1-4H3,(H,19,21). The van der Waals surface area contributed by atoms with Gasteiger partial charge in [-0.05, 0) is 32.9 Å². The molecule has 0 bridgehead atoms. The van der Waals surface area contributed by atoms with Gasteiger partial charge in [0.05, 0.1) is 0 Å². The molecule has 0 spiro atoms. The summed E-state index contributed by atoms with van der Waals surface area (Å²) in [6.07, 6.45) is 1.41. The Kier molecular flexibility index (Phi) is 4.21. The van der Waals surface area contributed by atoms with E-state index in [0.29, 0.717) is 11.5 Å². The number of nitrogens with zero attached hydrogens (tertiary/aromatic N) is 3. The molecule has 0 aliphatic rings. The highest BCUT2D eigenvalue weighted by atomic mass is 16.2. The van der Waals surface area contributed by atoms with Crippen LogP contribution >= 0.6 is 0 Å². The first-order valence-corrected chi connectivity index (χ1v) is 6.80. The smallest absolute Gasteiger partial charge is 0.270 e. The lowest BCUT2D eigenvalue weighted by atomic mass is 10.1. The molecule has 0 fully saturated rings. The quantitative estimate of drug-likeness (QED) is 0.941. The van der Waals surface area contributed by atoms with Crippen molar-refractivity contribution in [3.8, 4) is 0 Å². The van der Waals surface area contributed by atoms with Crippen LogP contribution in [0.3, 0.4) is 0 Å². The maximum Gasteiger partial charge on any atom is 0.270 e. The summed E-state index contributed by atoms with van der Waals surface area (Å²) >= 11 is 0. The van der Waals surface area contributed by atoms with Gasteiger partial charge in [-0.15, -0.1) is 0 Å². The molecule has 5 nitrogen and oxygen atoms in total. The van der Waals surface area contributed by atoms with Crippen LogP contribution in [-0.4, -0.2) is 28.5 Å². The lowest BCUT2D eigenvalue weighted by Crippen LogP contribution is -2.41. The van der Waals surface area contributed by atoms with E-state index in [0.717, 1.165) is 5.69 Å². The van der Waals surface area contributed by atoms with Crippen molar-refractivity contribution in [3.05, 3.63) is 48.4 Å². The van der Waals surface area contributed by atoms with Crippen LogP contribution in [0.15, 0.2) is 42.7 Å². The number of hydrogen-bond acceptors (Lipinski definition) is 4. The van der Waals surface area contributed by atoms with E-state index in [9.17, 15) is 4.79 Å². The third-order valence-corrected chi connectivity index (χ3v) is 2.86. The third-order valence-electron chi connectivity index (χ3n) is 2.86. The van der Waals surface area contributed by atoms with Crippen molar-refractivity contribution in [2.24, 2.45) is 0 Å². The monoisotopic (exact) mass is 284 g/mol. The number of para-hydroxylation sites is 1. The van der Waals surface area contributed by atoms with E-state index >= 15 is 0 Å². The van der Waals surface area contributed by atoms with E-state index in [1.165, 1.54) is 6.33 Å². The summed E-state index contributed by atoms with van der Waals surface area (Å²) in [7, 11) is 1.91. The predicted octanol–water partition coefficient (Wildman–Crippen LogP) is 2.77. The van der Waals surface area contributed by atoms with Crippen molar-refractivity contribution in [2.75, 3.05) is 11.9 Å². The molecule has 0 saturated carbocycles.